The zero-order chi connectivity index (χ0) is 21.5. The van der Waals surface area contributed by atoms with Crippen molar-refractivity contribution in [2.24, 2.45) is 0 Å². The Morgan fingerprint density at radius 3 is 2.43 bits per heavy atom. The number of rotatable bonds is 9. The van der Waals surface area contributed by atoms with Crippen molar-refractivity contribution in [2.45, 2.75) is 32.2 Å². The Hall–Kier alpha value is -3.06. The number of methoxy groups -OCH3 is 2. The number of carbonyl (C=O) groups excluding carboxylic acids is 1. The number of nitrogens with two attached hydrogens (primary N) is 1. The molecule has 158 valence electrons. The third-order valence-corrected chi connectivity index (χ3v) is 5.80. The molecule has 3 rings (SSSR count). The van der Waals surface area contributed by atoms with Gasteiger partial charge in [-0.15, -0.1) is 11.3 Å². The second-order valence-electron chi connectivity index (χ2n) is 6.96. The summed E-state index contributed by atoms with van der Waals surface area (Å²) in [5, 5.41) is 6.11. The predicted octanol–water partition coefficient (Wildman–Crippen LogP) is 3.95. The van der Waals surface area contributed by atoms with Crippen LogP contribution in [0.3, 0.4) is 0 Å². The van der Waals surface area contributed by atoms with Gasteiger partial charge in [0.15, 0.2) is 11.5 Å². The van der Waals surface area contributed by atoms with Crippen LogP contribution in [0, 0.1) is 0 Å². The van der Waals surface area contributed by atoms with Crippen molar-refractivity contribution in [3.05, 3.63) is 69.7 Å². The molecule has 3 N–H and O–H groups in total. The lowest BCUT2D eigenvalue weighted by atomic mass is 10.0. The van der Waals surface area contributed by atoms with E-state index in [4.69, 9.17) is 20.2 Å². The summed E-state index contributed by atoms with van der Waals surface area (Å²) in [6.45, 7) is 2.07. The molecule has 0 bridgehead atoms. The molecule has 0 aliphatic rings. The first-order chi connectivity index (χ1) is 14.5. The molecule has 1 unspecified atom stereocenters. The molecular formula is C23H27N3O3S. The first kappa shape index (κ1) is 21.6. The van der Waals surface area contributed by atoms with Gasteiger partial charge in [0.25, 0.3) is 0 Å². The van der Waals surface area contributed by atoms with Gasteiger partial charge in [-0.1, -0.05) is 25.1 Å². The molecule has 6 nitrogen and oxygen atoms in total. The lowest BCUT2D eigenvalue weighted by Gasteiger charge is -2.17. The van der Waals surface area contributed by atoms with Gasteiger partial charge < -0.3 is 20.5 Å². The van der Waals surface area contributed by atoms with Gasteiger partial charge in [-0.2, -0.15) is 0 Å². The van der Waals surface area contributed by atoms with E-state index in [2.05, 4.69) is 12.2 Å². The maximum atomic E-state index is 12.8. The van der Waals surface area contributed by atoms with Crippen LogP contribution in [0.15, 0.2) is 47.8 Å². The Labute approximate surface area is 181 Å². The quantitative estimate of drug-likeness (QED) is 0.507. The van der Waals surface area contributed by atoms with Gasteiger partial charge in [0.05, 0.1) is 32.4 Å². The van der Waals surface area contributed by atoms with Gasteiger partial charge in [0.2, 0.25) is 5.91 Å². The summed E-state index contributed by atoms with van der Waals surface area (Å²) in [7, 11) is 3.17. The molecule has 7 heteroatoms. The second kappa shape index (κ2) is 10.1. The zero-order valence-electron chi connectivity index (χ0n) is 17.5. The number of thiazole rings is 1. The Morgan fingerprint density at radius 1 is 1.10 bits per heavy atom. The van der Waals surface area contributed by atoms with Crippen molar-refractivity contribution in [2.75, 3.05) is 20.0 Å². The number of benzene rings is 2. The van der Waals surface area contributed by atoms with Crippen molar-refractivity contribution in [1.29, 1.82) is 0 Å². The molecule has 1 heterocycles. The molecule has 0 aliphatic carbocycles. The Balaban J connectivity index is 1.76. The van der Waals surface area contributed by atoms with Crippen LogP contribution in [0.1, 0.15) is 34.8 Å². The van der Waals surface area contributed by atoms with Gasteiger partial charge in [-0.05, 0) is 48.2 Å². The maximum Gasteiger partial charge on any atom is 0.224 e. The fourth-order valence-electron chi connectivity index (χ4n) is 3.16. The van der Waals surface area contributed by atoms with Crippen molar-refractivity contribution in [1.82, 2.24) is 10.3 Å². The molecule has 2 aromatic carbocycles. The Bertz CT molecular complexity index is 986. The molecule has 1 atom stereocenters. The molecular weight excluding hydrogens is 398 g/mol. The molecule has 30 heavy (non-hydrogen) atoms. The molecule has 3 aromatic rings. The van der Waals surface area contributed by atoms with Crippen LogP contribution in [-0.4, -0.2) is 25.1 Å². The molecule has 0 radical (unpaired) electrons. The highest BCUT2D eigenvalue weighted by Gasteiger charge is 2.19. The summed E-state index contributed by atoms with van der Waals surface area (Å²) in [5.41, 5.74) is 9.50. The fraction of sp³-hybridized carbons (Fsp3) is 0.304. The number of nitrogen functional groups attached to an aromatic ring is 1. The van der Waals surface area contributed by atoms with Crippen LogP contribution in [0.25, 0.3) is 0 Å². The highest BCUT2D eigenvalue weighted by atomic mass is 32.1. The molecule has 0 saturated heterocycles. The van der Waals surface area contributed by atoms with Crippen LogP contribution in [-0.2, 0) is 24.1 Å². The molecule has 1 aromatic heterocycles. The first-order valence-corrected chi connectivity index (χ1v) is 10.7. The lowest BCUT2D eigenvalue weighted by molar-refractivity contribution is -0.121. The van der Waals surface area contributed by atoms with E-state index >= 15 is 0 Å². The zero-order valence-corrected chi connectivity index (χ0v) is 18.3. The van der Waals surface area contributed by atoms with E-state index in [-0.39, 0.29) is 18.4 Å². The number of aryl methyl sites for hydroxylation is 1. The third-order valence-electron chi connectivity index (χ3n) is 4.80. The summed E-state index contributed by atoms with van der Waals surface area (Å²) in [6, 6.07) is 13.0. The number of nitrogens with one attached hydrogen (secondary N) is 1. The van der Waals surface area contributed by atoms with E-state index in [1.165, 1.54) is 0 Å². The summed E-state index contributed by atoms with van der Waals surface area (Å²) in [5.74, 6) is 1.17. The van der Waals surface area contributed by atoms with Crippen LogP contribution in [0.5, 0.6) is 11.5 Å². The normalized spacial score (nSPS) is 11.7. The largest absolute Gasteiger partial charge is 0.493 e. The van der Waals surface area contributed by atoms with E-state index in [1.807, 2.05) is 47.8 Å². The van der Waals surface area contributed by atoms with Crippen LogP contribution in [0.2, 0.25) is 0 Å². The van der Waals surface area contributed by atoms with Crippen molar-refractivity contribution < 1.29 is 14.3 Å². The average Bonchev–Trinajstić information content (AvgIpc) is 3.24. The summed E-state index contributed by atoms with van der Waals surface area (Å²) in [4.78, 5) is 17.5. The number of aromatic nitrogens is 1. The average molecular weight is 426 g/mol. The second-order valence-corrected chi connectivity index (χ2v) is 7.85. The van der Waals surface area contributed by atoms with E-state index in [0.717, 1.165) is 33.9 Å². The number of nitrogens with zero attached hydrogens (tertiary/aromatic N) is 1. The van der Waals surface area contributed by atoms with E-state index < -0.39 is 0 Å². The number of anilines is 1. The first-order valence-electron chi connectivity index (χ1n) is 9.81. The smallest absolute Gasteiger partial charge is 0.224 e. The van der Waals surface area contributed by atoms with Crippen molar-refractivity contribution in [3.8, 4) is 11.5 Å². The van der Waals surface area contributed by atoms with Gasteiger partial charge >= 0.3 is 0 Å². The molecule has 0 aliphatic heterocycles. The number of ether oxygens (including phenoxy) is 2. The minimum atomic E-state index is -0.202. The Kier molecular flexibility index (Phi) is 7.30. The summed E-state index contributed by atoms with van der Waals surface area (Å²) >= 11 is 1.58. The molecule has 0 fully saturated rings. The van der Waals surface area contributed by atoms with Crippen LogP contribution < -0.4 is 20.5 Å². The van der Waals surface area contributed by atoms with Gasteiger partial charge in [-0.25, -0.2) is 4.98 Å². The minimum Gasteiger partial charge on any atom is -0.493 e. The number of hydrogen-bond acceptors (Lipinski definition) is 6. The van der Waals surface area contributed by atoms with Gasteiger partial charge in [-0.3, -0.25) is 4.79 Å². The monoisotopic (exact) mass is 425 g/mol. The van der Waals surface area contributed by atoms with E-state index in [9.17, 15) is 4.79 Å². The number of carbonyl (C=O) groups is 1. The molecule has 0 spiro atoms. The van der Waals surface area contributed by atoms with E-state index in [1.54, 1.807) is 25.6 Å². The van der Waals surface area contributed by atoms with Crippen LogP contribution >= 0.6 is 11.3 Å². The SMILES string of the molecule is CCc1csc(C(Cc2ccc(N)cc2)NC(=O)Cc2ccc(OC)c(OC)c2)n1. The lowest BCUT2D eigenvalue weighted by Crippen LogP contribution is -2.31. The highest BCUT2D eigenvalue weighted by molar-refractivity contribution is 7.09. The number of hydrogen-bond donors (Lipinski definition) is 2. The van der Waals surface area contributed by atoms with Gasteiger partial charge in [0, 0.05) is 11.1 Å². The van der Waals surface area contributed by atoms with E-state index in [0.29, 0.717) is 17.9 Å². The van der Waals surface area contributed by atoms with Crippen LogP contribution in [0.4, 0.5) is 5.69 Å². The fourth-order valence-corrected chi connectivity index (χ4v) is 4.11. The topological polar surface area (TPSA) is 86.5 Å². The maximum absolute atomic E-state index is 12.8. The third kappa shape index (κ3) is 5.51. The standard InChI is InChI=1S/C23H27N3O3S/c1-4-18-14-30-23(25-18)19(11-15-5-8-17(24)9-6-15)26-22(27)13-16-7-10-20(28-2)21(12-16)29-3/h5-10,12,14,19H,4,11,13,24H2,1-3H3,(H,26,27). The molecule has 1 amide bonds. The summed E-state index contributed by atoms with van der Waals surface area (Å²) in [6.07, 6.45) is 1.75. The summed E-state index contributed by atoms with van der Waals surface area (Å²) < 4.78 is 10.6. The highest BCUT2D eigenvalue weighted by Crippen LogP contribution is 2.28. The van der Waals surface area contributed by atoms with Gasteiger partial charge in [0.1, 0.15) is 5.01 Å². The van der Waals surface area contributed by atoms with Crippen molar-refractivity contribution in [3.63, 3.8) is 0 Å². The predicted molar refractivity (Wildman–Crippen MR) is 120 cm³/mol. The minimum absolute atomic E-state index is 0.0732. The molecule has 0 saturated carbocycles. The van der Waals surface area contributed by atoms with Crippen molar-refractivity contribution >= 4 is 22.9 Å². The number of amides is 1. The Morgan fingerprint density at radius 2 is 1.80 bits per heavy atom.